The summed E-state index contributed by atoms with van der Waals surface area (Å²) < 4.78 is 5.79. The summed E-state index contributed by atoms with van der Waals surface area (Å²) in [5, 5.41) is 0. The van der Waals surface area contributed by atoms with Crippen molar-refractivity contribution < 1.29 is 4.74 Å². The van der Waals surface area contributed by atoms with Crippen molar-refractivity contribution in [1.82, 2.24) is 4.90 Å². The minimum atomic E-state index is 0.585. The molecule has 0 aromatic rings. The lowest BCUT2D eigenvalue weighted by Gasteiger charge is -2.27. The highest BCUT2D eigenvalue weighted by atomic mass is 127. The molecule has 1 heterocycles. The molecule has 0 aliphatic carbocycles. The van der Waals surface area contributed by atoms with Gasteiger partial charge in [-0.15, -0.1) is 0 Å². The molecule has 1 rings (SSSR count). The van der Waals surface area contributed by atoms with E-state index in [1.165, 1.54) is 0 Å². The maximum atomic E-state index is 5.20. The average Bonchev–Trinajstić information content (AvgIpc) is 1.77. The van der Waals surface area contributed by atoms with Crippen molar-refractivity contribution in [3.8, 4) is 0 Å². The summed E-state index contributed by atoms with van der Waals surface area (Å²) >= 11 is 2.38. The lowest BCUT2D eigenvalue weighted by Crippen LogP contribution is -2.38. The molecule has 48 valence electrons. The second-order valence-electron chi connectivity index (χ2n) is 1.99. The quantitative estimate of drug-likeness (QED) is 0.343. The molecule has 0 unspecified atom stereocenters. The van der Waals surface area contributed by atoms with Crippen molar-refractivity contribution in [2.75, 3.05) is 26.8 Å². The van der Waals surface area contributed by atoms with Gasteiger partial charge in [-0.1, -0.05) is 22.6 Å². The Labute approximate surface area is 63.3 Å². The van der Waals surface area contributed by atoms with E-state index in [2.05, 4.69) is 34.5 Å². The van der Waals surface area contributed by atoms with Crippen molar-refractivity contribution >= 4 is 22.6 Å². The highest BCUT2D eigenvalue weighted by Crippen LogP contribution is 2.09. The molecule has 1 saturated heterocycles. The lowest BCUT2D eigenvalue weighted by atomic mass is 10.5. The van der Waals surface area contributed by atoms with Crippen LogP contribution >= 0.6 is 22.6 Å². The third-order valence-corrected chi connectivity index (χ3v) is 2.63. The zero-order valence-corrected chi connectivity index (χ0v) is 7.09. The molecule has 1 fully saturated rings. The van der Waals surface area contributed by atoms with Crippen molar-refractivity contribution in [3.63, 3.8) is 0 Å². The molecule has 0 bridgehead atoms. The van der Waals surface area contributed by atoms with Gasteiger partial charge in [0.15, 0.2) is 0 Å². The van der Waals surface area contributed by atoms with Crippen LogP contribution < -0.4 is 0 Å². The first kappa shape index (κ1) is 6.77. The predicted molar refractivity (Wildman–Crippen MR) is 41.3 cm³/mol. The minimum absolute atomic E-state index is 0.585. The van der Waals surface area contributed by atoms with Crippen LogP contribution in [0.4, 0.5) is 0 Å². The second kappa shape index (κ2) is 2.98. The summed E-state index contributed by atoms with van der Waals surface area (Å²) in [7, 11) is 2.12. The largest absolute Gasteiger partial charge is 0.378 e. The average molecular weight is 227 g/mol. The van der Waals surface area contributed by atoms with E-state index in [9.17, 15) is 0 Å². The van der Waals surface area contributed by atoms with Crippen LogP contribution in [-0.2, 0) is 4.74 Å². The third kappa shape index (κ3) is 1.56. The van der Waals surface area contributed by atoms with Crippen LogP contribution in [0.5, 0.6) is 0 Å². The van der Waals surface area contributed by atoms with Crippen LogP contribution in [0.25, 0.3) is 0 Å². The van der Waals surface area contributed by atoms with Gasteiger partial charge in [0.05, 0.1) is 17.3 Å². The van der Waals surface area contributed by atoms with Gasteiger partial charge < -0.3 is 4.74 Å². The highest BCUT2D eigenvalue weighted by Gasteiger charge is 2.14. The molecule has 0 spiro atoms. The van der Waals surface area contributed by atoms with Crippen LogP contribution in [0.3, 0.4) is 0 Å². The summed E-state index contributed by atoms with van der Waals surface area (Å²) in [4.78, 5) is 2.30. The number of morpholine rings is 1. The molecule has 0 amide bonds. The smallest absolute Gasteiger partial charge is 0.0854 e. The van der Waals surface area contributed by atoms with E-state index >= 15 is 0 Å². The first-order valence-electron chi connectivity index (χ1n) is 2.73. The van der Waals surface area contributed by atoms with Crippen LogP contribution in [0.15, 0.2) is 0 Å². The molecular formula is C5H10INO. The van der Waals surface area contributed by atoms with Crippen LogP contribution in [0.1, 0.15) is 0 Å². The van der Waals surface area contributed by atoms with Gasteiger partial charge >= 0.3 is 0 Å². The maximum Gasteiger partial charge on any atom is 0.0854 e. The predicted octanol–water partition coefficient (Wildman–Crippen LogP) is 0.709. The van der Waals surface area contributed by atoms with Crippen LogP contribution in [0.2, 0.25) is 0 Å². The van der Waals surface area contributed by atoms with Crippen molar-refractivity contribution in [1.29, 1.82) is 0 Å². The second-order valence-corrected chi connectivity index (χ2v) is 3.43. The van der Waals surface area contributed by atoms with E-state index in [-0.39, 0.29) is 0 Å². The van der Waals surface area contributed by atoms with Gasteiger partial charge in [0.25, 0.3) is 0 Å². The van der Waals surface area contributed by atoms with E-state index in [1.54, 1.807) is 0 Å². The van der Waals surface area contributed by atoms with Crippen LogP contribution in [-0.4, -0.2) is 35.8 Å². The molecule has 0 radical (unpaired) electrons. The van der Waals surface area contributed by atoms with Gasteiger partial charge in [-0.3, -0.25) is 4.90 Å². The van der Waals surface area contributed by atoms with E-state index < -0.39 is 0 Å². The van der Waals surface area contributed by atoms with Crippen molar-refractivity contribution in [2.45, 2.75) is 4.05 Å². The highest BCUT2D eigenvalue weighted by molar-refractivity contribution is 14.1. The third-order valence-electron chi connectivity index (χ3n) is 1.32. The first-order valence-corrected chi connectivity index (χ1v) is 3.97. The van der Waals surface area contributed by atoms with Crippen molar-refractivity contribution in [2.24, 2.45) is 0 Å². The molecule has 0 N–H and O–H groups in total. The normalized spacial score (nSPS) is 33.0. The Morgan fingerprint density at radius 3 is 2.88 bits per heavy atom. The molecule has 2 nitrogen and oxygen atoms in total. The standard InChI is InChI=1S/C5H10INO/c1-7-2-3-8-4-5(7)6/h5H,2-4H2,1H3/t5-/m0/s1. The first-order chi connectivity index (χ1) is 3.80. The Morgan fingerprint density at radius 1 is 1.75 bits per heavy atom. The topological polar surface area (TPSA) is 12.5 Å². The van der Waals surface area contributed by atoms with Gasteiger partial charge in [-0.25, -0.2) is 0 Å². The Morgan fingerprint density at radius 2 is 2.50 bits per heavy atom. The summed E-state index contributed by atoms with van der Waals surface area (Å²) in [5.41, 5.74) is 0. The number of hydrogen-bond donors (Lipinski definition) is 0. The van der Waals surface area contributed by atoms with Crippen molar-refractivity contribution in [3.05, 3.63) is 0 Å². The SMILES string of the molecule is CN1CCOC[C@H]1I. The molecule has 1 aliphatic heterocycles. The Balaban J connectivity index is 2.28. The number of alkyl halides is 1. The summed E-state index contributed by atoms with van der Waals surface area (Å²) in [5.74, 6) is 0. The fourth-order valence-corrected chi connectivity index (χ4v) is 1.19. The molecule has 0 aromatic carbocycles. The Hall–Kier alpha value is 0.650. The molecule has 8 heavy (non-hydrogen) atoms. The maximum absolute atomic E-state index is 5.20. The molecule has 0 aromatic heterocycles. The Kier molecular flexibility index (Phi) is 2.52. The van der Waals surface area contributed by atoms with E-state index in [0.717, 1.165) is 19.8 Å². The van der Waals surface area contributed by atoms with E-state index in [4.69, 9.17) is 4.74 Å². The fraction of sp³-hybridized carbons (Fsp3) is 1.00. The van der Waals surface area contributed by atoms with Gasteiger partial charge in [-0.05, 0) is 7.05 Å². The number of rotatable bonds is 0. The van der Waals surface area contributed by atoms with Gasteiger partial charge in [0, 0.05) is 6.54 Å². The zero-order chi connectivity index (χ0) is 5.98. The summed E-state index contributed by atoms with van der Waals surface area (Å²) in [6.07, 6.45) is 0. The molecule has 1 aliphatic rings. The number of nitrogens with zero attached hydrogens (tertiary/aromatic N) is 1. The monoisotopic (exact) mass is 227 g/mol. The fourth-order valence-electron chi connectivity index (χ4n) is 0.656. The van der Waals surface area contributed by atoms with E-state index in [1.807, 2.05) is 0 Å². The lowest BCUT2D eigenvalue weighted by molar-refractivity contribution is 0.0433. The summed E-state index contributed by atoms with van der Waals surface area (Å²) in [6, 6.07) is 0. The number of ether oxygens (including phenoxy) is 1. The molecule has 0 saturated carbocycles. The van der Waals surface area contributed by atoms with Gasteiger partial charge in [0.2, 0.25) is 0 Å². The number of hydrogen-bond acceptors (Lipinski definition) is 2. The van der Waals surface area contributed by atoms with Gasteiger partial charge in [-0.2, -0.15) is 0 Å². The Bertz CT molecular complexity index is 68.8. The molecule has 1 atom stereocenters. The summed E-state index contributed by atoms with van der Waals surface area (Å²) in [6.45, 7) is 2.86. The van der Waals surface area contributed by atoms with E-state index in [0.29, 0.717) is 4.05 Å². The van der Waals surface area contributed by atoms with Crippen LogP contribution in [0, 0.1) is 0 Å². The molecular weight excluding hydrogens is 217 g/mol. The number of halogens is 1. The molecule has 3 heteroatoms. The minimum Gasteiger partial charge on any atom is -0.378 e. The number of likely N-dealkylation sites (N-methyl/N-ethyl adjacent to an activating group) is 1. The zero-order valence-electron chi connectivity index (χ0n) is 4.93. The van der Waals surface area contributed by atoms with Gasteiger partial charge in [0.1, 0.15) is 0 Å².